The molecule has 0 saturated heterocycles. The summed E-state index contributed by atoms with van der Waals surface area (Å²) in [5, 5.41) is 3.57. The predicted octanol–water partition coefficient (Wildman–Crippen LogP) is 0.802. The second-order valence-electron chi connectivity index (χ2n) is 5.13. The normalized spacial score (nSPS) is 10.3. The van der Waals surface area contributed by atoms with Crippen molar-refractivity contribution in [1.29, 1.82) is 0 Å². The number of azide groups is 1. The van der Waals surface area contributed by atoms with Gasteiger partial charge in [-0.1, -0.05) is 28.3 Å². The molecule has 0 radical (unpaired) electrons. The molecule has 9 heteroatoms. The first kappa shape index (κ1) is 20.3. The summed E-state index contributed by atoms with van der Waals surface area (Å²) in [6, 6.07) is 2.73. The molecule has 0 N–H and O–H groups in total. The van der Waals surface area contributed by atoms with Crippen LogP contribution in [0.5, 0.6) is 0 Å². The molecule has 1 aromatic rings. The first-order valence-electron chi connectivity index (χ1n) is 5.76. The van der Waals surface area contributed by atoms with E-state index < -0.39 is 5.97 Å². The van der Waals surface area contributed by atoms with Gasteiger partial charge in [0.2, 0.25) is 0 Å². The zero-order valence-electron chi connectivity index (χ0n) is 11.8. The summed E-state index contributed by atoms with van der Waals surface area (Å²) >= 11 is 11.8. The predicted molar refractivity (Wildman–Crippen MR) is 78.4 cm³/mol. The third-order valence-corrected chi connectivity index (χ3v) is 2.97. The van der Waals surface area contributed by atoms with Gasteiger partial charge in [0.15, 0.2) is 0 Å². The molecule has 0 aliphatic rings. The third-order valence-electron chi connectivity index (χ3n) is 2.39. The summed E-state index contributed by atoms with van der Waals surface area (Å²) in [6.45, 7) is 0.972. The molecule has 6 nitrogen and oxygen atoms in total. The number of carbonyl (C=O) groups is 1. The molecule has 116 valence electrons. The lowest BCUT2D eigenvalue weighted by Crippen LogP contribution is -3.00. The summed E-state index contributed by atoms with van der Waals surface area (Å²) < 4.78 is 5.82. The van der Waals surface area contributed by atoms with E-state index in [1.165, 1.54) is 12.1 Å². The molecule has 0 atom stereocenters. The zero-order valence-corrected chi connectivity index (χ0v) is 15.5. The standard InChI is InChI=1S/C12H15Cl2N4O2.HI/c1-18(2,3)4-5-20-12(19)8-6-9(13)11(16-17-15)10(14)7-8;/h6-7H,4-5H2,1-3H3;1H/q+1;/p-1. The molecule has 0 fully saturated rings. The number of likely N-dealkylation sites (N-methyl/N-ethyl adjacent to an activating group) is 1. The first-order chi connectivity index (χ1) is 9.24. The highest BCUT2D eigenvalue weighted by Crippen LogP contribution is 2.34. The smallest absolute Gasteiger partial charge is 0.338 e. The summed E-state index contributed by atoms with van der Waals surface area (Å²) in [4.78, 5) is 14.5. The SMILES string of the molecule is C[N+](C)(C)CCOC(=O)c1cc(Cl)c(N=[N+]=[N-])c(Cl)c1.[I-]. The Morgan fingerprint density at radius 1 is 1.33 bits per heavy atom. The van der Waals surface area contributed by atoms with Crippen molar-refractivity contribution < 1.29 is 38.0 Å². The number of hydrogen-bond acceptors (Lipinski definition) is 3. The maximum absolute atomic E-state index is 11.9. The van der Waals surface area contributed by atoms with E-state index in [4.69, 9.17) is 33.5 Å². The minimum absolute atomic E-state index is 0. The monoisotopic (exact) mass is 444 g/mol. The van der Waals surface area contributed by atoms with E-state index in [1.807, 2.05) is 21.1 Å². The molecule has 1 aromatic carbocycles. The molecule has 1 rings (SSSR count). The molecule has 0 aromatic heterocycles. The number of nitrogens with zero attached hydrogens (tertiary/aromatic N) is 4. The van der Waals surface area contributed by atoms with Gasteiger partial charge in [-0.15, -0.1) is 0 Å². The lowest BCUT2D eigenvalue weighted by atomic mass is 10.2. The highest BCUT2D eigenvalue weighted by atomic mass is 127. The lowest BCUT2D eigenvalue weighted by molar-refractivity contribution is -0.870. The minimum atomic E-state index is -0.519. The van der Waals surface area contributed by atoms with Crippen molar-refractivity contribution in [3.05, 3.63) is 38.2 Å². The van der Waals surface area contributed by atoms with Crippen LogP contribution in [0.3, 0.4) is 0 Å². The molecule has 0 spiro atoms. The van der Waals surface area contributed by atoms with Crippen LogP contribution >= 0.6 is 23.2 Å². The van der Waals surface area contributed by atoms with Crippen LogP contribution in [0.4, 0.5) is 5.69 Å². The van der Waals surface area contributed by atoms with Crippen molar-refractivity contribution in [2.75, 3.05) is 34.3 Å². The molecule has 0 bridgehead atoms. The maximum Gasteiger partial charge on any atom is 0.338 e. The minimum Gasteiger partial charge on any atom is -1.00 e. The Morgan fingerprint density at radius 2 is 1.86 bits per heavy atom. The van der Waals surface area contributed by atoms with Crippen LogP contribution in [0.2, 0.25) is 10.0 Å². The molecule has 0 aliphatic carbocycles. The van der Waals surface area contributed by atoms with Gasteiger partial charge >= 0.3 is 5.97 Å². The van der Waals surface area contributed by atoms with Gasteiger partial charge < -0.3 is 33.2 Å². The second-order valence-corrected chi connectivity index (χ2v) is 5.94. The van der Waals surface area contributed by atoms with Gasteiger partial charge in [0.25, 0.3) is 0 Å². The Balaban J connectivity index is 0.00000400. The van der Waals surface area contributed by atoms with E-state index in [0.29, 0.717) is 11.0 Å². The number of benzene rings is 1. The van der Waals surface area contributed by atoms with Crippen LogP contribution in [0, 0.1) is 0 Å². The van der Waals surface area contributed by atoms with Crippen molar-refractivity contribution in [1.82, 2.24) is 0 Å². The van der Waals surface area contributed by atoms with Gasteiger partial charge in [0, 0.05) is 4.91 Å². The summed E-state index contributed by atoms with van der Waals surface area (Å²) in [5.41, 5.74) is 8.70. The molecular formula is C12H15Cl2IN4O2. The number of hydrogen-bond donors (Lipinski definition) is 0. The maximum atomic E-state index is 11.9. The number of rotatable bonds is 5. The molecular weight excluding hydrogens is 430 g/mol. The van der Waals surface area contributed by atoms with Gasteiger partial charge in [0.1, 0.15) is 13.2 Å². The van der Waals surface area contributed by atoms with Crippen molar-refractivity contribution in [3.8, 4) is 0 Å². The fraction of sp³-hybridized carbons (Fsp3) is 0.417. The van der Waals surface area contributed by atoms with Gasteiger partial charge in [-0.05, 0) is 17.7 Å². The van der Waals surface area contributed by atoms with Gasteiger partial charge in [-0.3, -0.25) is 0 Å². The summed E-state index contributed by atoms with van der Waals surface area (Å²) in [6.07, 6.45) is 0. The molecule has 0 unspecified atom stereocenters. The van der Waals surface area contributed by atoms with E-state index in [1.54, 1.807) is 0 Å². The van der Waals surface area contributed by atoms with E-state index in [2.05, 4.69) is 10.0 Å². The number of quaternary nitrogens is 1. The van der Waals surface area contributed by atoms with E-state index in [0.717, 1.165) is 0 Å². The van der Waals surface area contributed by atoms with Crippen LogP contribution < -0.4 is 24.0 Å². The Bertz CT molecular complexity index is 546. The third kappa shape index (κ3) is 6.71. The van der Waals surface area contributed by atoms with Crippen LogP contribution in [0.25, 0.3) is 10.4 Å². The Morgan fingerprint density at radius 3 is 2.29 bits per heavy atom. The van der Waals surface area contributed by atoms with Crippen molar-refractivity contribution in [2.45, 2.75) is 0 Å². The Labute approximate surface area is 150 Å². The summed E-state index contributed by atoms with van der Waals surface area (Å²) in [7, 11) is 5.99. The van der Waals surface area contributed by atoms with Gasteiger partial charge in [-0.25, -0.2) is 4.79 Å². The van der Waals surface area contributed by atoms with Crippen LogP contribution in [0.15, 0.2) is 17.2 Å². The molecule has 0 aliphatic heterocycles. The Kier molecular flexibility index (Phi) is 8.35. The highest BCUT2D eigenvalue weighted by molar-refractivity contribution is 6.39. The quantitative estimate of drug-likeness (QED) is 0.168. The van der Waals surface area contributed by atoms with Crippen LogP contribution in [0.1, 0.15) is 10.4 Å². The Hall–Kier alpha value is -0.730. The fourth-order valence-corrected chi connectivity index (χ4v) is 1.88. The highest BCUT2D eigenvalue weighted by Gasteiger charge is 2.15. The van der Waals surface area contributed by atoms with E-state index in [-0.39, 0.29) is 51.9 Å². The number of halogens is 3. The number of esters is 1. The first-order valence-corrected chi connectivity index (χ1v) is 6.52. The molecule has 0 heterocycles. The van der Waals surface area contributed by atoms with E-state index >= 15 is 0 Å². The zero-order chi connectivity index (χ0) is 15.3. The molecule has 21 heavy (non-hydrogen) atoms. The average molecular weight is 445 g/mol. The van der Waals surface area contributed by atoms with Crippen LogP contribution in [-0.2, 0) is 4.74 Å². The fourth-order valence-electron chi connectivity index (χ4n) is 1.32. The largest absolute Gasteiger partial charge is 1.00 e. The lowest BCUT2D eigenvalue weighted by Gasteiger charge is -2.23. The van der Waals surface area contributed by atoms with Crippen molar-refractivity contribution in [3.63, 3.8) is 0 Å². The van der Waals surface area contributed by atoms with Crippen molar-refractivity contribution >= 4 is 34.9 Å². The number of ether oxygens (including phenoxy) is 1. The second kappa shape index (κ2) is 8.65. The molecule has 0 amide bonds. The van der Waals surface area contributed by atoms with E-state index in [9.17, 15) is 4.79 Å². The average Bonchev–Trinajstić information content (AvgIpc) is 2.31. The van der Waals surface area contributed by atoms with Gasteiger partial charge in [0.05, 0.1) is 42.4 Å². The number of carbonyl (C=O) groups excluding carboxylic acids is 1. The van der Waals surface area contributed by atoms with Crippen molar-refractivity contribution in [2.24, 2.45) is 5.11 Å². The summed E-state index contributed by atoms with van der Waals surface area (Å²) in [5.74, 6) is -0.519. The van der Waals surface area contributed by atoms with Crippen LogP contribution in [-0.4, -0.2) is 44.7 Å². The van der Waals surface area contributed by atoms with Gasteiger partial charge in [-0.2, -0.15) is 0 Å². The topological polar surface area (TPSA) is 75.1 Å². The molecule has 0 saturated carbocycles.